The first kappa shape index (κ1) is 25.1. The summed E-state index contributed by atoms with van der Waals surface area (Å²) in [6.07, 6.45) is 0. The number of pyridine rings is 1. The molecule has 0 amide bonds. The summed E-state index contributed by atoms with van der Waals surface area (Å²) in [4.78, 5) is 15.4. The zero-order valence-electron chi connectivity index (χ0n) is 17.5. The molecule has 0 aliphatic rings. The first-order chi connectivity index (χ1) is 15.4. The van der Waals surface area contributed by atoms with Crippen molar-refractivity contribution < 1.29 is 53.0 Å². The van der Waals surface area contributed by atoms with Crippen molar-refractivity contribution in [3.8, 4) is 28.1 Å². The van der Waals surface area contributed by atoms with Crippen molar-refractivity contribution in [2.75, 3.05) is 0 Å². The van der Waals surface area contributed by atoms with Crippen LogP contribution in [0.15, 0.2) is 83.3 Å². The second kappa shape index (κ2) is 11.0. The minimum absolute atomic E-state index is 0. The van der Waals surface area contributed by atoms with Gasteiger partial charge in [0.2, 0.25) is 0 Å². The van der Waals surface area contributed by atoms with Gasteiger partial charge in [0.1, 0.15) is 24.0 Å². The molecule has 1 aromatic heterocycles. The third-order valence-corrected chi connectivity index (χ3v) is 5.32. The zero-order chi connectivity index (χ0) is 22.7. The number of carboxylic acid groups (broad SMARTS) is 1. The van der Waals surface area contributed by atoms with Crippen LogP contribution in [0.1, 0.15) is 16.1 Å². The predicted octanol–water partition coefficient (Wildman–Crippen LogP) is 2.40. The van der Waals surface area contributed by atoms with Crippen molar-refractivity contribution in [1.29, 1.82) is 0 Å². The quantitative estimate of drug-likeness (QED) is 0.368. The van der Waals surface area contributed by atoms with E-state index in [1.165, 1.54) is 24.3 Å². The van der Waals surface area contributed by atoms with Crippen molar-refractivity contribution >= 4 is 21.9 Å². The number of carboxylic acids is 1. The van der Waals surface area contributed by atoms with E-state index in [1.807, 2.05) is 18.2 Å². The minimum Gasteiger partial charge on any atom is -0.543 e. The fraction of sp³-hybridized carbons (Fsp3) is 0.0400. The molecule has 3 aromatic carbocycles. The van der Waals surface area contributed by atoms with Gasteiger partial charge >= 0.3 is 29.6 Å². The summed E-state index contributed by atoms with van der Waals surface area (Å²) in [7, 11) is 0. The van der Waals surface area contributed by atoms with Gasteiger partial charge < -0.3 is 14.6 Å². The maximum Gasteiger partial charge on any atom is 1.00 e. The molecule has 0 aliphatic heterocycles. The molecule has 0 saturated heterocycles. The standard InChI is InChI=1S/C25H16BrF2NO3.Na/c26-15-11-12-24(32-14-19-20(27)7-3-8-21(19)28)18(13-15)16-5-1-2-6-17(16)22-9-4-10-23(29-22)25(30)31;/h1-13H,14H2,(H,30,31);/q;+1/p-1. The third kappa shape index (κ3) is 5.68. The molecule has 4 aromatic rings. The number of ether oxygens (including phenoxy) is 1. The number of benzene rings is 3. The number of halogens is 3. The minimum atomic E-state index is -1.37. The molecular formula is C25H15BrF2NNaO3. The predicted molar refractivity (Wildman–Crippen MR) is 118 cm³/mol. The van der Waals surface area contributed by atoms with Crippen LogP contribution in [-0.2, 0) is 6.61 Å². The van der Waals surface area contributed by atoms with Crippen LogP contribution in [0, 0.1) is 11.6 Å². The van der Waals surface area contributed by atoms with Crippen molar-refractivity contribution in [2.24, 2.45) is 0 Å². The summed E-state index contributed by atoms with van der Waals surface area (Å²) in [5.74, 6) is -2.35. The Morgan fingerprint density at radius 2 is 1.55 bits per heavy atom. The molecule has 0 fully saturated rings. The van der Waals surface area contributed by atoms with Crippen LogP contribution in [0.2, 0.25) is 0 Å². The maximum absolute atomic E-state index is 14.0. The van der Waals surface area contributed by atoms with Crippen LogP contribution >= 0.6 is 15.9 Å². The molecule has 160 valence electrons. The summed E-state index contributed by atoms with van der Waals surface area (Å²) in [5.41, 5.74) is 2.10. The van der Waals surface area contributed by atoms with Gasteiger partial charge in [-0.25, -0.2) is 13.8 Å². The number of aromatic carboxylic acids is 1. The second-order valence-electron chi connectivity index (χ2n) is 6.87. The van der Waals surface area contributed by atoms with Gasteiger partial charge in [0, 0.05) is 15.6 Å². The molecule has 0 saturated carbocycles. The van der Waals surface area contributed by atoms with Crippen LogP contribution in [-0.4, -0.2) is 11.0 Å². The SMILES string of the molecule is O=C([O-])c1cccc(-c2ccccc2-c2cc(Br)ccc2OCc2c(F)cccc2F)n1.[Na+]. The number of nitrogens with zero attached hydrogens (tertiary/aromatic N) is 1. The number of carbonyl (C=O) groups excluding carboxylic acids is 1. The van der Waals surface area contributed by atoms with Crippen LogP contribution in [0.4, 0.5) is 8.78 Å². The Morgan fingerprint density at radius 3 is 2.24 bits per heavy atom. The summed E-state index contributed by atoms with van der Waals surface area (Å²) in [6.45, 7) is -0.298. The van der Waals surface area contributed by atoms with E-state index in [4.69, 9.17) is 4.74 Å². The Morgan fingerprint density at radius 1 is 0.879 bits per heavy atom. The molecule has 0 unspecified atom stereocenters. The first-order valence-electron chi connectivity index (χ1n) is 9.57. The summed E-state index contributed by atoms with van der Waals surface area (Å²) >= 11 is 3.45. The van der Waals surface area contributed by atoms with Crippen LogP contribution in [0.5, 0.6) is 5.75 Å². The number of hydrogen-bond donors (Lipinski definition) is 0. The average molecular weight is 518 g/mol. The third-order valence-electron chi connectivity index (χ3n) is 4.83. The molecule has 8 heteroatoms. The topological polar surface area (TPSA) is 62.2 Å². The fourth-order valence-electron chi connectivity index (χ4n) is 3.30. The Kier molecular flexibility index (Phi) is 8.37. The Hall–Kier alpha value is -2.58. The monoisotopic (exact) mass is 517 g/mol. The van der Waals surface area contributed by atoms with E-state index in [9.17, 15) is 18.7 Å². The van der Waals surface area contributed by atoms with E-state index in [0.717, 1.165) is 4.47 Å². The van der Waals surface area contributed by atoms with Crippen molar-refractivity contribution in [3.63, 3.8) is 0 Å². The van der Waals surface area contributed by atoms with E-state index >= 15 is 0 Å². The van der Waals surface area contributed by atoms with Crippen LogP contribution in [0.3, 0.4) is 0 Å². The normalized spacial score (nSPS) is 10.4. The van der Waals surface area contributed by atoms with Gasteiger partial charge in [-0.2, -0.15) is 0 Å². The Labute approximate surface area is 219 Å². The van der Waals surface area contributed by atoms with Gasteiger partial charge in [-0.15, -0.1) is 0 Å². The maximum atomic E-state index is 14.0. The van der Waals surface area contributed by atoms with E-state index < -0.39 is 17.6 Å². The van der Waals surface area contributed by atoms with Gasteiger partial charge in [0.05, 0.1) is 22.9 Å². The molecule has 4 nitrogen and oxygen atoms in total. The summed E-state index contributed by atoms with van der Waals surface area (Å²) < 4.78 is 34.7. The van der Waals surface area contributed by atoms with Gasteiger partial charge in [0.25, 0.3) is 0 Å². The smallest absolute Gasteiger partial charge is 0.543 e. The molecular weight excluding hydrogens is 503 g/mol. The van der Waals surface area contributed by atoms with E-state index in [2.05, 4.69) is 20.9 Å². The summed E-state index contributed by atoms with van der Waals surface area (Å²) in [6, 6.07) is 20.8. The van der Waals surface area contributed by atoms with Gasteiger partial charge in [0.15, 0.2) is 0 Å². The van der Waals surface area contributed by atoms with Crippen molar-refractivity contribution in [3.05, 3.63) is 106 Å². The molecule has 33 heavy (non-hydrogen) atoms. The van der Waals surface area contributed by atoms with Crippen LogP contribution < -0.4 is 39.4 Å². The molecule has 0 bridgehead atoms. The Balaban J connectivity index is 0.00000306. The largest absolute Gasteiger partial charge is 1.00 e. The fourth-order valence-corrected chi connectivity index (χ4v) is 3.66. The van der Waals surface area contributed by atoms with Crippen molar-refractivity contribution in [2.45, 2.75) is 6.61 Å². The van der Waals surface area contributed by atoms with E-state index in [0.29, 0.717) is 28.1 Å². The van der Waals surface area contributed by atoms with Gasteiger partial charge in [-0.05, 0) is 48.0 Å². The van der Waals surface area contributed by atoms with E-state index in [-0.39, 0.29) is 47.4 Å². The molecule has 0 aliphatic carbocycles. The van der Waals surface area contributed by atoms with Gasteiger partial charge in [-0.1, -0.05) is 52.3 Å². The number of carbonyl (C=O) groups is 1. The first-order valence-corrected chi connectivity index (χ1v) is 10.4. The molecule has 1 heterocycles. The zero-order valence-corrected chi connectivity index (χ0v) is 21.1. The average Bonchev–Trinajstić information content (AvgIpc) is 2.79. The number of aromatic nitrogens is 1. The molecule has 0 spiro atoms. The number of rotatable bonds is 6. The number of hydrogen-bond acceptors (Lipinski definition) is 4. The molecule has 0 radical (unpaired) electrons. The second-order valence-corrected chi connectivity index (χ2v) is 7.79. The molecule has 4 rings (SSSR count). The van der Waals surface area contributed by atoms with Gasteiger partial charge in [-0.3, -0.25) is 0 Å². The molecule has 0 N–H and O–H groups in total. The summed E-state index contributed by atoms with van der Waals surface area (Å²) in [5, 5.41) is 11.3. The van der Waals surface area contributed by atoms with E-state index in [1.54, 1.807) is 36.4 Å². The van der Waals surface area contributed by atoms with Crippen molar-refractivity contribution in [1.82, 2.24) is 4.98 Å². The van der Waals surface area contributed by atoms with Crippen LogP contribution in [0.25, 0.3) is 22.4 Å². The molecule has 0 atom stereocenters. The Bertz CT molecular complexity index is 1300.